The van der Waals surface area contributed by atoms with Crippen molar-refractivity contribution in [2.75, 3.05) is 19.7 Å². The Kier molecular flexibility index (Phi) is 6.54. The van der Waals surface area contributed by atoms with E-state index < -0.39 is 37.9 Å². The molecule has 0 spiro atoms. The van der Waals surface area contributed by atoms with Gasteiger partial charge in [-0.1, -0.05) is 12.8 Å². The molecular formula is C12H21F3N2O3. The molecule has 2 amide bonds. The van der Waals surface area contributed by atoms with Crippen LogP contribution in [0.2, 0.25) is 0 Å². The summed E-state index contributed by atoms with van der Waals surface area (Å²) in [6.45, 7) is -1.44. The Labute approximate surface area is 115 Å². The largest absolute Gasteiger partial charge is 0.394 e. The molecule has 1 atom stereocenters. The summed E-state index contributed by atoms with van der Waals surface area (Å²) < 4.78 is 36.7. The minimum absolute atomic E-state index is 0.0119. The lowest BCUT2D eigenvalue weighted by atomic mass is 10.2. The Morgan fingerprint density at radius 2 is 1.95 bits per heavy atom. The third kappa shape index (κ3) is 6.42. The quantitative estimate of drug-likeness (QED) is 0.691. The Balaban J connectivity index is 2.52. The second-order valence-electron chi connectivity index (χ2n) is 5.08. The van der Waals surface area contributed by atoms with Crippen molar-refractivity contribution in [3.05, 3.63) is 0 Å². The normalized spacial score (nSPS) is 18.1. The van der Waals surface area contributed by atoms with Gasteiger partial charge in [0.25, 0.3) is 0 Å². The van der Waals surface area contributed by atoms with Crippen LogP contribution < -0.4 is 5.32 Å². The summed E-state index contributed by atoms with van der Waals surface area (Å²) in [6, 6.07) is -0.629. The third-order valence-electron chi connectivity index (χ3n) is 3.28. The van der Waals surface area contributed by atoms with Crippen molar-refractivity contribution in [1.82, 2.24) is 10.2 Å². The average molecular weight is 298 g/mol. The van der Waals surface area contributed by atoms with E-state index in [2.05, 4.69) is 5.32 Å². The number of nitrogens with one attached hydrogen (secondary N) is 1. The Bertz CT molecular complexity index is 307. The average Bonchev–Trinajstić information content (AvgIpc) is 2.85. The van der Waals surface area contributed by atoms with Crippen molar-refractivity contribution in [2.24, 2.45) is 0 Å². The van der Waals surface area contributed by atoms with Crippen LogP contribution in [0.25, 0.3) is 0 Å². The zero-order chi connectivity index (χ0) is 15.2. The van der Waals surface area contributed by atoms with Gasteiger partial charge in [-0.25, -0.2) is 4.79 Å². The van der Waals surface area contributed by atoms with Crippen LogP contribution in [0.1, 0.15) is 32.1 Å². The Morgan fingerprint density at radius 3 is 2.45 bits per heavy atom. The second kappa shape index (κ2) is 7.68. The van der Waals surface area contributed by atoms with Gasteiger partial charge in [0.1, 0.15) is 0 Å². The van der Waals surface area contributed by atoms with E-state index in [9.17, 15) is 23.1 Å². The second-order valence-corrected chi connectivity index (χ2v) is 5.08. The van der Waals surface area contributed by atoms with Crippen LogP contribution in [0.4, 0.5) is 18.0 Å². The van der Waals surface area contributed by atoms with Gasteiger partial charge in [0.05, 0.1) is 25.7 Å². The molecule has 1 rings (SSSR count). The Morgan fingerprint density at radius 1 is 1.35 bits per heavy atom. The summed E-state index contributed by atoms with van der Waals surface area (Å²) in [5, 5.41) is 20.7. The molecular weight excluding hydrogens is 277 g/mol. The van der Waals surface area contributed by atoms with E-state index in [4.69, 9.17) is 5.11 Å². The molecule has 0 aromatic heterocycles. The maximum Gasteiger partial charge on any atom is 0.390 e. The molecule has 0 heterocycles. The predicted octanol–water partition coefficient (Wildman–Crippen LogP) is 1.25. The summed E-state index contributed by atoms with van der Waals surface area (Å²) in [7, 11) is 0. The minimum atomic E-state index is -4.37. The first-order valence-corrected chi connectivity index (χ1v) is 6.73. The summed E-state index contributed by atoms with van der Waals surface area (Å²) in [6.07, 6.45) is -3.11. The van der Waals surface area contributed by atoms with E-state index in [1.165, 1.54) is 0 Å². The summed E-state index contributed by atoms with van der Waals surface area (Å²) in [4.78, 5) is 12.8. The highest BCUT2D eigenvalue weighted by molar-refractivity contribution is 5.74. The smallest absolute Gasteiger partial charge is 0.390 e. The van der Waals surface area contributed by atoms with Gasteiger partial charge >= 0.3 is 12.2 Å². The molecule has 5 nitrogen and oxygen atoms in total. The molecule has 0 saturated heterocycles. The molecule has 118 valence electrons. The number of hydrogen-bond donors (Lipinski definition) is 3. The van der Waals surface area contributed by atoms with Gasteiger partial charge in [0, 0.05) is 12.6 Å². The lowest BCUT2D eigenvalue weighted by molar-refractivity contribution is -0.137. The van der Waals surface area contributed by atoms with Gasteiger partial charge in [0.15, 0.2) is 0 Å². The van der Waals surface area contributed by atoms with Gasteiger partial charge < -0.3 is 20.4 Å². The van der Waals surface area contributed by atoms with Crippen LogP contribution in [0.3, 0.4) is 0 Å². The number of urea groups is 1. The number of nitrogens with zero attached hydrogens (tertiary/aromatic N) is 1. The van der Waals surface area contributed by atoms with Crippen molar-refractivity contribution in [3.63, 3.8) is 0 Å². The highest BCUT2D eigenvalue weighted by atomic mass is 19.4. The molecule has 1 aliphatic carbocycles. The molecule has 1 saturated carbocycles. The number of carbonyl (C=O) groups excluding carboxylic acids is 1. The van der Waals surface area contributed by atoms with Crippen LogP contribution in [0.5, 0.6) is 0 Å². The summed E-state index contributed by atoms with van der Waals surface area (Å²) in [5.74, 6) is 0. The predicted molar refractivity (Wildman–Crippen MR) is 66.1 cm³/mol. The van der Waals surface area contributed by atoms with Crippen LogP contribution in [-0.4, -0.2) is 59.2 Å². The number of halogens is 3. The monoisotopic (exact) mass is 298 g/mol. The van der Waals surface area contributed by atoms with Gasteiger partial charge in [0.2, 0.25) is 0 Å². The summed E-state index contributed by atoms with van der Waals surface area (Å²) >= 11 is 0. The standard InChI is InChI=1S/C12H21F3N2O3/c13-12(14,15)5-6-17(7-10(19)8-18)11(20)16-9-3-1-2-4-9/h9-10,18-19H,1-8H2,(H,16,20)/t10-/m0/s1. The van der Waals surface area contributed by atoms with E-state index >= 15 is 0 Å². The van der Waals surface area contributed by atoms with E-state index in [0.29, 0.717) is 0 Å². The lowest BCUT2D eigenvalue weighted by Crippen LogP contribution is -2.48. The first-order valence-electron chi connectivity index (χ1n) is 6.73. The fourth-order valence-electron chi connectivity index (χ4n) is 2.19. The van der Waals surface area contributed by atoms with Gasteiger partial charge in [-0.05, 0) is 12.8 Å². The van der Waals surface area contributed by atoms with E-state index in [0.717, 1.165) is 30.6 Å². The first-order chi connectivity index (χ1) is 9.31. The highest BCUT2D eigenvalue weighted by Gasteiger charge is 2.30. The van der Waals surface area contributed by atoms with Crippen LogP contribution in [-0.2, 0) is 0 Å². The zero-order valence-corrected chi connectivity index (χ0v) is 11.2. The zero-order valence-electron chi connectivity index (χ0n) is 11.2. The molecule has 1 fully saturated rings. The molecule has 20 heavy (non-hydrogen) atoms. The van der Waals surface area contributed by atoms with Crippen molar-refractivity contribution < 1.29 is 28.2 Å². The fourth-order valence-corrected chi connectivity index (χ4v) is 2.19. The van der Waals surface area contributed by atoms with Crippen molar-refractivity contribution in [1.29, 1.82) is 0 Å². The molecule has 0 radical (unpaired) electrons. The van der Waals surface area contributed by atoms with E-state index in [1.54, 1.807) is 0 Å². The van der Waals surface area contributed by atoms with Crippen LogP contribution in [0.15, 0.2) is 0 Å². The molecule has 0 unspecified atom stereocenters. The van der Waals surface area contributed by atoms with E-state index in [1.807, 2.05) is 0 Å². The number of alkyl halides is 3. The van der Waals surface area contributed by atoms with Crippen LogP contribution >= 0.6 is 0 Å². The maximum atomic E-state index is 12.2. The van der Waals surface area contributed by atoms with Crippen LogP contribution in [0, 0.1) is 0 Å². The first kappa shape index (κ1) is 17.0. The SMILES string of the molecule is O=C(NC1CCCC1)N(CCC(F)(F)F)C[C@H](O)CO. The van der Waals surface area contributed by atoms with Gasteiger partial charge in [-0.15, -0.1) is 0 Å². The third-order valence-corrected chi connectivity index (χ3v) is 3.28. The number of rotatable bonds is 6. The van der Waals surface area contributed by atoms with Gasteiger partial charge in [-0.3, -0.25) is 0 Å². The van der Waals surface area contributed by atoms with Gasteiger partial charge in [-0.2, -0.15) is 13.2 Å². The Hall–Kier alpha value is -1.02. The number of carbonyl (C=O) groups is 1. The topological polar surface area (TPSA) is 72.8 Å². The van der Waals surface area contributed by atoms with Crippen molar-refractivity contribution in [3.8, 4) is 0 Å². The van der Waals surface area contributed by atoms with Crippen molar-refractivity contribution >= 4 is 6.03 Å². The number of aliphatic hydroxyl groups is 2. The minimum Gasteiger partial charge on any atom is -0.394 e. The lowest BCUT2D eigenvalue weighted by Gasteiger charge is -2.27. The fraction of sp³-hybridized carbons (Fsp3) is 0.917. The molecule has 1 aliphatic rings. The summed E-state index contributed by atoms with van der Waals surface area (Å²) in [5.41, 5.74) is 0. The molecule has 0 aromatic rings. The molecule has 3 N–H and O–H groups in total. The highest BCUT2D eigenvalue weighted by Crippen LogP contribution is 2.21. The maximum absolute atomic E-state index is 12.2. The number of hydrogen-bond acceptors (Lipinski definition) is 3. The van der Waals surface area contributed by atoms with Crippen molar-refractivity contribution in [2.45, 2.75) is 50.4 Å². The molecule has 0 bridgehead atoms. The molecule has 0 aliphatic heterocycles. The number of amides is 2. The molecule has 8 heteroatoms. The van der Waals surface area contributed by atoms with E-state index in [-0.39, 0.29) is 12.6 Å². The molecule has 0 aromatic carbocycles. The number of aliphatic hydroxyl groups excluding tert-OH is 2.